The first kappa shape index (κ1) is 15.0. The van der Waals surface area contributed by atoms with Crippen molar-refractivity contribution in [2.24, 2.45) is 11.8 Å². The zero-order chi connectivity index (χ0) is 14.4. The zero-order valence-corrected chi connectivity index (χ0v) is 11.6. The predicted molar refractivity (Wildman–Crippen MR) is 70.1 cm³/mol. The van der Waals surface area contributed by atoms with E-state index in [1.54, 1.807) is 0 Å². The molecule has 0 aliphatic carbocycles. The second-order valence-corrected chi connectivity index (χ2v) is 5.01. The van der Waals surface area contributed by atoms with E-state index in [1.807, 2.05) is 27.7 Å². The van der Waals surface area contributed by atoms with E-state index in [1.165, 1.54) is 0 Å². The van der Waals surface area contributed by atoms with Crippen molar-refractivity contribution >= 4 is 11.9 Å². The maximum Gasteiger partial charge on any atom is 0.325 e. The molecule has 0 aromatic carbocycles. The largest absolute Gasteiger partial charge is 0.351 e. The van der Waals surface area contributed by atoms with Crippen molar-refractivity contribution in [1.82, 2.24) is 20.4 Å². The van der Waals surface area contributed by atoms with E-state index in [2.05, 4.69) is 25.7 Å². The van der Waals surface area contributed by atoms with Gasteiger partial charge < -0.3 is 5.32 Å². The van der Waals surface area contributed by atoms with Gasteiger partial charge in [0.25, 0.3) is 5.95 Å². The summed E-state index contributed by atoms with van der Waals surface area (Å²) in [4.78, 5) is 10.9. The third-order valence-electron chi connectivity index (χ3n) is 2.10. The highest BCUT2D eigenvalue weighted by molar-refractivity contribution is 5.25. The molecular formula is C10H19N7O2. The molecule has 106 valence electrons. The molecule has 1 rings (SSSR count). The summed E-state index contributed by atoms with van der Waals surface area (Å²) >= 11 is 0. The molecule has 0 radical (unpaired) electrons. The Hall–Kier alpha value is -2.06. The van der Waals surface area contributed by atoms with Crippen LogP contribution < -0.4 is 10.3 Å². The van der Waals surface area contributed by atoms with Crippen LogP contribution in [-0.4, -0.2) is 38.5 Å². The minimum absolute atomic E-state index is 0.103. The molecule has 1 heterocycles. The molecule has 0 atom stereocenters. The van der Waals surface area contributed by atoms with Crippen LogP contribution in [0.2, 0.25) is 0 Å². The van der Waals surface area contributed by atoms with E-state index in [9.17, 15) is 10.1 Å². The van der Waals surface area contributed by atoms with Crippen molar-refractivity contribution in [3.63, 3.8) is 0 Å². The van der Waals surface area contributed by atoms with Gasteiger partial charge in [0.2, 0.25) is 0 Å². The molecule has 0 aliphatic rings. The van der Waals surface area contributed by atoms with Crippen LogP contribution in [0.1, 0.15) is 27.7 Å². The third kappa shape index (κ3) is 4.98. The lowest BCUT2D eigenvalue weighted by Gasteiger charge is -2.13. The molecule has 0 unspecified atom stereocenters. The summed E-state index contributed by atoms with van der Waals surface area (Å²) in [5.74, 6) is 0.700. The summed E-state index contributed by atoms with van der Waals surface area (Å²) in [7, 11) is 0. The maximum atomic E-state index is 10.9. The van der Waals surface area contributed by atoms with Crippen LogP contribution in [0.5, 0.6) is 0 Å². The van der Waals surface area contributed by atoms with Crippen molar-refractivity contribution in [2.75, 3.05) is 23.4 Å². The number of hydrogen-bond donors (Lipinski definition) is 1. The number of anilines is 2. The lowest BCUT2D eigenvalue weighted by atomic mass is 10.2. The average molecular weight is 269 g/mol. The standard InChI is InChI=1S/C10H19N7O2/c1-7(2)5-11-9-12-14-10(15-13-9)16(17(18)19)6-8(3)4/h7-8H,5-6H2,1-4H3,(H,11,12,13). The normalized spacial score (nSPS) is 10.8. The Kier molecular flexibility index (Phi) is 5.34. The van der Waals surface area contributed by atoms with Crippen LogP contribution >= 0.6 is 0 Å². The molecule has 0 saturated carbocycles. The fraction of sp³-hybridized carbons (Fsp3) is 0.800. The number of nitro groups is 1. The Morgan fingerprint density at radius 2 is 1.74 bits per heavy atom. The summed E-state index contributed by atoms with van der Waals surface area (Å²) in [6.45, 7) is 8.72. The quantitative estimate of drug-likeness (QED) is 0.576. The maximum absolute atomic E-state index is 10.9. The number of rotatable bonds is 7. The highest BCUT2D eigenvalue weighted by Crippen LogP contribution is 2.08. The van der Waals surface area contributed by atoms with E-state index in [-0.39, 0.29) is 24.4 Å². The van der Waals surface area contributed by atoms with Gasteiger partial charge in [-0.3, -0.25) is 0 Å². The third-order valence-corrected chi connectivity index (χ3v) is 2.10. The number of nitrogens with zero attached hydrogens (tertiary/aromatic N) is 6. The second kappa shape index (κ2) is 6.76. The summed E-state index contributed by atoms with van der Waals surface area (Å²) in [6, 6.07) is 0. The van der Waals surface area contributed by atoms with E-state index >= 15 is 0 Å². The van der Waals surface area contributed by atoms with Gasteiger partial charge in [-0.25, -0.2) is 10.1 Å². The van der Waals surface area contributed by atoms with Crippen LogP contribution in [0, 0.1) is 22.0 Å². The van der Waals surface area contributed by atoms with E-state index < -0.39 is 5.03 Å². The summed E-state index contributed by atoms with van der Waals surface area (Å²) in [5.41, 5.74) is 0. The Labute approximate surface area is 111 Å². The molecule has 0 spiro atoms. The highest BCUT2D eigenvalue weighted by atomic mass is 16.7. The van der Waals surface area contributed by atoms with Crippen molar-refractivity contribution < 1.29 is 5.03 Å². The van der Waals surface area contributed by atoms with Gasteiger partial charge in [0, 0.05) is 6.54 Å². The van der Waals surface area contributed by atoms with Gasteiger partial charge in [-0.1, -0.05) is 32.7 Å². The molecule has 1 N–H and O–H groups in total. The predicted octanol–water partition coefficient (Wildman–Crippen LogP) is 0.989. The first-order valence-corrected chi connectivity index (χ1v) is 6.13. The molecule has 0 amide bonds. The van der Waals surface area contributed by atoms with Gasteiger partial charge in [-0.2, -0.15) is 0 Å². The smallest absolute Gasteiger partial charge is 0.325 e. The minimum Gasteiger partial charge on any atom is -0.351 e. The van der Waals surface area contributed by atoms with Crippen LogP contribution in [0.4, 0.5) is 11.9 Å². The monoisotopic (exact) mass is 269 g/mol. The molecule has 0 bridgehead atoms. The first-order valence-electron chi connectivity index (χ1n) is 6.13. The van der Waals surface area contributed by atoms with Crippen LogP contribution in [0.15, 0.2) is 0 Å². The van der Waals surface area contributed by atoms with E-state index in [0.29, 0.717) is 12.5 Å². The fourth-order valence-corrected chi connectivity index (χ4v) is 1.26. The highest BCUT2D eigenvalue weighted by Gasteiger charge is 2.23. The van der Waals surface area contributed by atoms with Gasteiger partial charge in [0.15, 0.2) is 5.03 Å². The molecule has 1 aromatic heterocycles. The van der Waals surface area contributed by atoms with Crippen LogP contribution in [-0.2, 0) is 0 Å². The Morgan fingerprint density at radius 3 is 2.16 bits per heavy atom. The first-order chi connectivity index (χ1) is 8.90. The Morgan fingerprint density at radius 1 is 1.16 bits per heavy atom. The summed E-state index contributed by atoms with van der Waals surface area (Å²) in [5, 5.41) is 29.2. The lowest BCUT2D eigenvalue weighted by molar-refractivity contribution is -0.496. The van der Waals surface area contributed by atoms with Gasteiger partial charge >= 0.3 is 5.95 Å². The van der Waals surface area contributed by atoms with Crippen molar-refractivity contribution in [1.29, 1.82) is 0 Å². The molecule has 0 saturated heterocycles. The minimum atomic E-state index is -0.556. The molecule has 0 aliphatic heterocycles. The number of hydrogen-bond acceptors (Lipinski definition) is 7. The topological polar surface area (TPSA) is 110 Å². The van der Waals surface area contributed by atoms with Crippen LogP contribution in [0.3, 0.4) is 0 Å². The number of hydrazine groups is 1. The molecule has 1 aromatic rings. The van der Waals surface area contributed by atoms with Crippen LogP contribution in [0.25, 0.3) is 0 Å². The molecule has 19 heavy (non-hydrogen) atoms. The Balaban J connectivity index is 2.74. The fourth-order valence-electron chi connectivity index (χ4n) is 1.26. The van der Waals surface area contributed by atoms with Gasteiger partial charge in [-0.05, 0) is 11.8 Å². The number of nitrogens with one attached hydrogen (secondary N) is 1. The summed E-state index contributed by atoms with van der Waals surface area (Å²) < 4.78 is 0. The molecular weight excluding hydrogens is 250 g/mol. The zero-order valence-electron chi connectivity index (χ0n) is 11.6. The van der Waals surface area contributed by atoms with Crippen molar-refractivity contribution in [2.45, 2.75) is 27.7 Å². The van der Waals surface area contributed by atoms with Gasteiger partial charge in [0.1, 0.15) is 0 Å². The van der Waals surface area contributed by atoms with Gasteiger partial charge in [0.05, 0.1) is 6.54 Å². The van der Waals surface area contributed by atoms with Crippen molar-refractivity contribution in [3.05, 3.63) is 10.1 Å². The Bertz CT molecular complexity index is 407. The number of aromatic nitrogens is 4. The average Bonchev–Trinajstić information content (AvgIpc) is 2.33. The van der Waals surface area contributed by atoms with Crippen molar-refractivity contribution in [3.8, 4) is 0 Å². The second-order valence-electron chi connectivity index (χ2n) is 5.01. The van der Waals surface area contributed by atoms with E-state index in [0.717, 1.165) is 5.01 Å². The summed E-state index contributed by atoms with van der Waals surface area (Å²) in [6.07, 6.45) is 0. The molecule has 9 nitrogen and oxygen atoms in total. The lowest BCUT2D eigenvalue weighted by Crippen LogP contribution is -2.35. The van der Waals surface area contributed by atoms with Gasteiger partial charge in [-0.15, -0.1) is 20.4 Å². The van der Waals surface area contributed by atoms with E-state index in [4.69, 9.17) is 0 Å². The SMILES string of the molecule is CC(C)CNc1nnc(N(CC(C)C)[N+](=O)[O-])nn1. The molecule has 0 fully saturated rings. The molecule has 9 heteroatoms.